The highest BCUT2D eigenvalue weighted by molar-refractivity contribution is 5.81. The molecule has 0 saturated carbocycles. The Labute approximate surface area is 101 Å². The first-order chi connectivity index (χ1) is 8.58. The number of aromatic nitrogens is 1. The molecule has 0 bridgehead atoms. The molecule has 0 aliphatic heterocycles. The van der Waals surface area contributed by atoms with Gasteiger partial charge in [0.15, 0.2) is 6.29 Å². The van der Waals surface area contributed by atoms with Gasteiger partial charge in [-0.25, -0.2) is 0 Å². The summed E-state index contributed by atoms with van der Waals surface area (Å²) in [4.78, 5) is 13.6. The van der Waals surface area contributed by atoms with Gasteiger partial charge in [0.05, 0.1) is 18.2 Å². The van der Waals surface area contributed by atoms with E-state index in [0.717, 1.165) is 7.11 Å². The molecule has 1 heterocycles. The van der Waals surface area contributed by atoms with Gasteiger partial charge in [-0.1, -0.05) is 0 Å². The monoisotopic (exact) mass is 289 g/mol. The van der Waals surface area contributed by atoms with Crippen LogP contribution in [0.1, 0.15) is 15.9 Å². The number of pyridine rings is 1. The third-order valence-electron chi connectivity index (χ3n) is 1.84. The lowest BCUT2D eigenvalue weighted by Crippen LogP contribution is -2.20. The van der Waals surface area contributed by atoms with Crippen molar-refractivity contribution in [2.45, 2.75) is 12.5 Å². The summed E-state index contributed by atoms with van der Waals surface area (Å²) in [6.07, 6.45) is -10.5. The summed E-state index contributed by atoms with van der Waals surface area (Å²) in [6, 6.07) is -0.0280. The summed E-state index contributed by atoms with van der Waals surface area (Å²) < 4.78 is 81.2. The molecule has 106 valence electrons. The van der Waals surface area contributed by atoms with Crippen LogP contribution < -0.4 is 9.47 Å². The maximum atomic E-state index is 12.6. The second-order valence-corrected chi connectivity index (χ2v) is 3.09. The van der Waals surface area contributed by atoms with Crippen molar-refractivity contribution in [1.29, 1.82) is 0 Å². The van der Waals surface area contributed by atoms with Crippen molar-refractivity contribution in [3.8, 4) is 11.8 Å². The standard InChI is InChI=1S/C9H5F6NO3/c1-18-7-4(3-17)5(8(10,11)12)2-6(16-7)19-9(13,14)15/h2-3H,1H3. The summed E-state index contributed by atoms with van der Waals surface area (Å²) in [5, 5.41) is 0. The highest BCUT2D eigenvalue weighted by Crippen LogP contribution is 2.37. The number of ether oxygens (including phenoxy) is 2. The second-order valence-electron chi connectivity index (χ2n) is 3.09. The number of methoxy groups -OCH3 is 1. The Morgan fingerprint density at radius 3 is 2.16 bits per heavy atom. The molecule has 0 amide bonds. The Hall–Kier alpha value is -2.00. The van der Waals surface area contributed by atoms with Crippen LogP contribution in [0.4, 0.5) is 26.3 Å². The molecule has 10 heteroatoms. The molecule has 0 unspecified atom stereocenters. The highest BCUT2D eigenvalue weighted by atomic mass is 19.4. The minimum absolute atomic E-state index is 0.0280. The third-order valence-corrected chi connectivity index (χ3v) is 1.84. The van der Waals surface area contributed by atoms with Gasteiger partial charge in [-0.3, -0.25) is 4.79 Å². The summed E-state index contributed by atoms with van der Waals surface area (Å²) in [5.74, 6) is -2.29. The Kier molecular flexibility index (Phi) is 3.91. The lowest BCUT2D eigenvalue weighted by Gasteiger charge is -2.15. The summed E-state index contributed by atoms with van der Waals surface area (Å²) >= 11 is 0. The molecule has 0 saturated heterocycles. The van der Waals surface area contributed by atoms with Crippen LogP contribution in [0, 0.1) is 0 Å². The van der Waals surface area contributed by atoms with Gasteiger partial charge in [0, 0.05) is 6.07 Å². The van der Waals surface area contributed by atoms with Crippen molar-refractivity contribution in [2.24, 2.45) is 0 Å². The zero-order valence-electron chi connectivity index (χ0n) is 9.09. The lowest BCUT2D eigenvalue weighted by atomic mass is 10.1. The highest BCUT2D eigenvalue weighted by Gasteiger charge is 2.38. The molecule has 1 aromatic heterocycles. The largest absolute Gasteiger partial charge is 0.574 e. The van der Waals surface area contributed by atoms with E-state index in [4.69, 9.17) is 0 Å². The normalized spacial score (nSPS) is 12.2. The number of carbonyl (C=O) groups is 1. The van der Waals surface area contributed by atoms with E-state index < -0.39 is 35.4 Å². The van der Waals surface area contributed by atoms with E-state index in [1.165, 1.54) is 0 Å². The van der Waals surface area contributed by atoms with Gasteiger partial charge in [0.2, 0.25) is 11.8 Å². The Morgan fingerprint density at radius 2 is 1.79 bits per heavy atom. The van der Waals surface area contributed by atoms with Crippen LogP contribution in [0.5, 0.6) is 11.8 Å². The first kappa shape index (κ1) is 15.1. The molecular weight excluding hydrogens is 284 g/mol. The minimum Gasteiger partial charge on any atom is -0.480 e. The molecule has 0 aliphatic carbocycles. The van der Waals surface area contributed by atoms with Gasteiger partial charge >= 0.3 is 12.5 Å². The van der Waals surface area contributed by atoms with E-state index in [9.17, 15) is 31.1 Å². The van der Waals surface area contributed by atoms with E-state index in [0.29, 0.717) is 0 Å². The molecule has 1 aromatic rings. The van der Waals surface area contributed by atoms with Crippen molar-refractivity contribution in [3.05, 3.63) is 17.2 Å². The van der Waals surface area contributed by atoms with Gasteiger partial charge in [-0.15, -0.1) is 13.2 Å². The molecule has 0 radical (unpaired) electrons. The number of hydrogen-bond acceptors (Lipinski definition) is 4. The van der Waals surface area contributed by atoms with Crippen molar-refractivity contribution in [1.82, 2.24) is 4.98 Å². The van der Waals surface area contributed by atoms with Crippen LogP contribution in [0.25, 0.3) is 0 Å². The molecule has 0 N–H and O–H groups in total. The fourth-order valence-electron chi connectivity index (χ4n) is 1.18. The topological polar surface area (TPSA) is 48.4 Å². The summed E-state index contributed by atoms with van der Waals surface area (Å²) in [7, 11) is 0.854. The smallest absolute Gasteiger partial charge is 0.480 e. The van der Waals surface area contributed by atoms with E-state index in [-0.39, 0.29) is 12.4 Å². The summed E-state index contributed by atoms with van der Waals surface area (Å²) in [5.41, 5.74) is -2.64. The number of hydrogen-bond donors (Lipinski definition) is 0. The zero-order chi connectivity index (χ0) is 14.8. The number of rotatable bonds is 3. The number of aldehydes is 1. The predicted molar refractivity (Wildman–Crippen MR) is 47.9 cm³/mol. The Balaban J connectivity index is 3.43. The number of nitrogens with zero attached hydrogens (tertiary/aromatic N) is 1. The molecule has 0 aliphatic rings. The third kappa shape index (κ3) is 3.73. The first-order valence-electron chi connectivity index (χ1n) is 4.45. The predicted octanol–water partition coefficient (Wildman–Crippen LogP) is 2.82. The van der Waals surface area contributed by atoms with Gasteiger partial charge in [0.25, 0.3) is 0 Å². The number of halogens is 6. The molecule has 19 heavy (non-hydrogen) atoms. The van der Waals surface area contributed by atoms with Crippen molar-refractivity contribution in [2.75, 3.05) is 7.11 Å². The number of carbonyl (C=O) groups excluding carboxylic acids is 1. The van der Waals surface area contributed by atoms with E-state index in [1.54, 1.807) is 0 Å². The Morgan fingerprint density at radius 1 is 1.21 bits per heavy atom. The van der Waals surface area contributed by atoms with E-state index in [2.05, 4.69) is 14.5 Å². The van der Waals surface area contributed by atoms with Crippen molar-refractivity contribution >= 4 is 6.29 Å². The second kappa shape index (κ2) is 4.94. The van der Waals surface area contributed by atoms with Gasteiger partial charge < -0.3 is 9.47 Å². The molecule has 4 nitrogen and oxygen atoms in total. The molecular formula is C9H5F6NO3. The Bertz CT molecular complexity index is 482. The minimum atomic E-state index is -5.22. The van der Waals surface area contributed by atoms with Gasteiger partial charge in [-0.05, 0) is 0 Å². The van der Waals surface area contributed by atoms with Crippen molar-refractivity contribution < 1.29 is 40.6 Å². The molecule has 0 aromatic carbocycles. The van der Waals surface area contributed by atoms with Crippen LogP contribution in [0.2, 0.25) is 0 Å². The molecule has 1 rings (SSSR count). The maximum absolute atomic E-state index is 12.6. The van der Waals surface area contributed by atoms with Crippen LogP contribution in [-0.2, 0) is 6.18 Å². The SMILES string of the molecule is COc1nc(OC(F)(F)F)cc(C(F)(F)F)c1C=O. The molecule has 0 spiro atoms. The fraction of sp³-hybridized carbons (Fsp3) is 0.333. The first-order valence-corrected chi connectivity index (χ1v) is 4.45. The van der Waals surface area contributed by atoms with Crippen molar-refractivity contribution in [3.63, 3.8) is 0 Å². The summed E-state index contributed by atoms with van der Waals surface area (Å²) in [6.45, 7) is 0. The van der Waals surface area contributed by atoms with E-state index in [1.807, 2.05) is 0 Å². The van der Waals surface area contributed by atoms with Crippen LogP contribution in [0.15, 0.2) is 6.07 Å². The zero-order valence-corrected chi connectivity index (χ0v) is 9.09. The van der Waals surface area contributed by atoms with Crippen LogP contribution >= 0.6 is 0 Å². The molecule has 0 fully saturated rings. The van der Waals surface area contributed by atoms with Gasteiger partial charge in [-0.2, -0.15) is 18.2 Å². The number of alkyl halides is 6. The van der Waals surface area contributed by atoms with Crippen LogP contribution in [-0.4, -0.2) is 24.7 Å². The average molecular weight is 289 g/mol. The lowest BCUT2D eigenvalue weighted by molar-refractivity contribution is -0.276. The molecule has 0 atom stereocenters. The van der Waals surface area contributed by atoms with Crippen LogP contribution in [0.3, 0.4) is 0 Å². The maximum Gasteiger partial charge on any atom is 0.574 e. The quantitative estimate of drug-likeness (QED) is 0.634. The van der Waals surface area contributed by atoms with Gasteiger partial charge in [0.1, 0.15) is 0 Å². The van der Waals surface area contributed by atoms with E-state index >= 15 is 0 Å². The average Bonchev–Trinajstić information content (AvgIpc) is 2.24. The fourth-order valence-corrected chi connectivity index (χ4v) is 1.18.